The predicted octanol–water partition coefficient (Wildman–Crippen LogP) is 3.13. The molecule has 1 aromatic carbocycles. The van der Waals surface area contributed by atoms with E-state index in [1.165, 1.54) is 0 Å². The number of hydrogen-bond donors (Lipinski definition) is 1. The normalized spacial score (nSPS) is 10.3. The minimum absolute atomic E-state index is 0.0890. The molecule has 1 N–H and O–H groups in total. The van der Waals surface area contributed by atoms with Gasteiger partial charge in [0.05, 0.1) is 0 Å². The van der Waals surface area contributed by atoms with Gasteiger partial charge in [0.25, 0.3) is 0 Å². The van der Waals surface area contributed by atoms with Crippen LogP contribution in [0.15, 0.2) is 42.7 Å². The first-order chi connectivity index (χ1) is 9.54. The Morgan fingerprint density at radius 2 is 2.15 bits per heavy atom. The van der Waals surface area contributed by atoms with Gasteiger partial charge in [0.2, 0.25) is 0 Å². The third-order valence-corrected chi connectivity index (χ3v) is 3.04. The lowest BCUT2D eigenvalue weighted by atomic mass is 10.2. The van der Waals surface area contributed by atoms with Crippen molar-refractivity contribution in [1.29, 1.82) is 0 Å². The van der Waals surface area contributed by atoms with Gasteiger partial charge in [-0.15, -0.1) is 0 Å². The largest absolute Gasteiger partial charge is 0.480 e. The summed E-state index contributed by atoms with van der Waals surface area (Å²) in [5, 5.41) is 9.64. The van der Waals surface area contributed by atoms with Gasteiger partial charge in [-0.05, 0) is 36.2 Å². The topological polar surface area (TPSA) is 53.4 Å². The van der Waals surface area contributed by atoms with Crippen molar-refractivity contribution >= 4 is 23.3 Å². The lowest BCUT2D eigenvalue weighted by molar-refractivity contribution is -0.135. The molecule has 0 amide bonds. The molecule has 0 aliphatic heterocycles. The highest BCUT2D eigenvalue weighted by Gasteiger charge is 2.12. The van der Waals surface area contributed by atoms with E-state index in [0.717, 1.165) is 16.8 Å². The first-order valence-electron chi connectivity index (χ1n) is 6.17. The lowest BCUT2D eigenvalue weighted by Crippen LogP contribution is -2.29. The Kier molecular flexibility index (Phi) is 4.58. The first kappa shape index (κ1) is 14.3. The van der Waals surface area contributed by atoms with Crippen molar-refractivity contribution in [3.8, 4) is 0 Å². The molecule has 2 aromatic rings. The molecule has 0 aliphatic carbocycles. The number of aryl methyl sites for hydroxylation is 1. The van der Waals surface area contributed by atoms with Crippen LogP contribution in [0.4, 0.5) is 5.69 Å². The van der Waals surface area contributed by atoms with Crippen molar-refractivity contribution < 1.29 is 9.90 Å². The van der Waals surface area contributed by atoms with E-state index in [1.807, 2.05) is 19.1 Å². The van der Waals surface area contributed by atoms with E-state index < -0.39 is 5.97 Å². The Labute approximate surface area is 122 Å². The van der Waals surface area contributed by atoms with Crippen LogP contribution in [0.1, 0.15) is 11.1 Å². The van der Waals surface area contributed by atoms with E-state index in [2.05, 4.69) is 4.98 Å². The molecule has 0 atom stereocenters. The van der Waals surface area contributed by atoms with Crippen molar-refractivity contribution in [2.45, 2.75) is 13.5 Å². The van der Waals surface area contributed by atoms with E-state index >= 15 is 0 Å². The molecule has 104 valence electrons. The maximum atomic E-state index is 11.0. The lowest BCUT2D eigenvalue weighted by Gasteiger charge is -2.23. The van der Waals surface area contributed by atoms with Crippen LogP contribution < -0.4 is 4.90 Å². The summed E-state index contributed by atoms with van der Waals surface area (Å²) in [7, 11) is 0. The average molecular weight is 291 g/mol. The Hall–Kier alpha value is -2.07. The van der Waals surface area contributed by atoms with Crippen LogP contribution in [-0.2, 0) is 11.3 Å². The van der Waals surface area contributed by atoms with E-state index in [4.69, 9.17) is 16.7 Å². The van der Waals surface area contributed by atoms with Crippen molar-refractivity contribution in [1.82, 2.24) is 4.98 Å². The Balaban J connectivity index is 2.26. The zero-order chi connectivity index (χ0) is 14.5. The van der Waals surface area contributed by atoms with Gasteiger partial charge in [0, 0.05) is 29.6 Å². The maximum absolute atomic E-state index is 11.0. The molecule has 0 radical (unpaired) electrons. The third kappa shape index (κ3) is 3.96. The molecular weight excluding hydrogens is 276 g/mol. The molecular formula is C15H15ClN2O2. The predicted molar refractivity (Wildman–Crippen MR) is 79.1 cm³/mol. The number of anilines is 1. The van der Waals surface area contributed by atoms with Gasteiger partial charge in [-0.1, -0.05) is 23.7 Å². The number of benzene rings is 1. The van der Waals surface area contributed by atoms with E-state index in [1.54, 1.807) is 35.5 Å². The number of nitrogens with zero attached hydrogens (tertiary/aromatic N) is 2. The highest BCUT2D eigenvalue weighted by atomic mass is 35.5. The van der Waals surface area contributed by atoms with Crippen molar-refractivity contribution in [3.05, 3.63) is 58.9 Å². The quantitative estimate of drug-likeness (QED) is 0.919. The molecule has 0 spiro atoms. The van der Waals surface area contributed by atoms with Gasteiger partial charge in [-0.3, -0.25) is 9.78 Å². The molecule has 0 saturated carbocycles. The van der Waals surface area contributed by atoms with Crippen LogP contribution in [0.25, 0.3) is 0 Å². The van der Waals surface area contributed by atoms with E-state index in [-0.39, 0.29) is 6.54 Å². The minimum Gasteiger partial charge on any atom is -0.480 e. The number of aliphatic carboxylic acids is 1. The van der Waals surface area contributed by atoms with Crippen LogP contribution in [0.2, 0.25) is 5.02 Å². The van der Waals surface area contributed by atoms with Gasteiger partial charge in [0.1, 0.15) is 6.54 Å². The Bertz CT molecular complexity index is 616. The molecule has 4 nitrogen and oxygen atoms in total. The molecule has 20 heavy (non-hydrogen) atoms. The molecule has 0 aliphatic rings. The third-order valence-electron chi connectivity index (χ3n) is 2.80. The summed E-state index contributed by atoms with van der Waals surface area (Å²) in [6.07, 6.45) is 3.51. The summed E-state index contributed by atoms with van der Waals surface area (Å²) >= 11 is 5.97. The Morgan fingerprint density at radius 1 is 1.35 bits per heavy atom. The fourth-order valence-corrected chi connectivity index (χ4v) is 2.18. The van der Waals surface area contributed by atoms with Gasteiger partial charge in [-0.2, -0.15) is 0 Å². The number of aromatic nitrogens is 1. The smallest absolute Gasteiger partial charge is 0.323 e. The summed E-state index contributed by atoms with van der Waals surface area (Å²) in [6, 6.07) is 9.16. The van der Waals surface area contributed by atoms with Gasteiger partial charge < -0.3 is 10.0 Å². The average Bonchev–Trinajstić information content (AvgIpc) is 2.37. The number of carboxylic acids is 1. The molecule has 0 fully saturated rings. The highest BCUT2D eigenvalue weighted by Crippen LogP contribution is 2.21. The van der Waals surface area contributed by atoms with E-state index in [0.29, 0.717) is 11.6 Å². The van der Waals surface area contributed by atoms with Gasteiger partial charge in [-0.25, -0.2) is 0 Å². The number of rotatable bonds is 5. The minimum atomic E-state index is -0.884. The summed E-state index contributed by atoms with van der Waals surface area (Å²) < 4.78 is 0. The van der Waals surface area contributed by atoms with Crippen LogP contribution in [-0.4, -0.2) is 22.6 Å². The summed E-state index contributed by atoms with van der Waals surface area (Å²) in [4.78, 5) is 16.9. The molecule has 1 heterocycles. The molecule has 1 aromatic heterocycles. The van der Waals surface area contributed by atoms with Gasteiger partial charge >= 0.3 is 5.97 Å². The van der Waals surface area contributed by atoms with E-state index in [9.17, 15) is 4.79 Å². The fourth-order valence-electron chi connectivity index (χ4n) is 2.00. The maximum Gasteiger partial charge on any atom is 0.323 e. The monoisotopic (exact) mass is 290 g/mol. The van der Waals surface area contributed by atoms with Gasteiger partial charge in [0.15, 0.2) is 0 Å². The van der Waals surface area contributed by atoms with Crippen LogP contribution in [0.5, 0.6) is 0 Å². The summed E-state index contributed by atoms with van der Waals surface area (Å²) in [5.74, 6) is -0.884. The van der Waals surface area contributed by atoms with Crippen molar-refractivity contribution in [3.63, 3.8) is 0 Å². The number of carboxylic acid groups (broad SMARTS) is 1. The first-order valence-corrected chi connectivity index (χ1v) is 6.55. The molecule has 5 heteroatoms. The number of pyridine rings is 1. The van der Waals surface area contributed by atoms with Crippen molar-refractivity contribution in [2.24, 2.45) is 0 Å². The second kappa shape index (κ2) is 6.39. The number of hydrogen-bond acceptors (Lipinski definition) is 3. The molecule has 0 unspecified atom stereocenters. The van der Waals surface area contributed by atoms with Crippen LogP contribution in [0.3, 0.4) is 0 Å². The second-order valence-corrected chi connectivity index (χ2v) is 5.04. The fraction of sp³-hybridized carbons (Fsp3) is 0.200. The highest BCUT2D eigenvalue weighted by molar-refractivity contribution is 6.30. The van der Waals surface area contributed by atoms with Crippen molar-refractivity contribution in [2.75, 3.05) is 11.4 Å². The Morgan fingerprint density at radius 3 is 2.80 bits per heavy atom. The second-order valence-electron chi connectivity index (χ2n) is 4.60. The van der Waals surface area contributed by atoms with Crippen LogP contribution >= 0.6 is 11.6 Å². The molecule has 2 rings (SSSR count). The molecule has 0 saturated heterocycles. The zero-order valence-corrected chi connectivity index (χ0v) is 11.8. The standard InChI is InChI=1S/C15H15ClN2O2/c1-11-5-12(8-17-7-11)9-18(10-15(19)20)14-4-2-3-13(16)6-14/h2-8H,9-10H2,1H3,(H,19,20). The number of carbonyl (C=O) groups is 1. The summed E-state index contributed by atoms with van der Waals surface area (Å²) in [5.41, 5.74) is 2.79. The van der Waals surface area contributed by atoms with Crippen LogP contribution in [0, 0.1) is 6.92 Å². The SMILES string of the molecule is Cc1cncc(CN(CC(=O)O)c2cccc(Cl)c2)c1. The number of halogens is 1. The molecule has 0 bridgehead atoms. The summed E-state index contributed by atoms with van der Waals surface area (Å²) in [6.45, 7) is 2.34. The zero-order valence-electron chi connectivity index (χ0n) is 11.1.